The number of hydrogen-bond donors (Lipinski definition) is 1. The SMILES string of the molecule is NC1Cc2cc3c(cc2C1)OC(=O)C3. The van der Waals surface area contributed by atoms with E-state index in [4.69, 9.17) is 10.5 Å². The number of hydrogen-bond acceptors (Lipinski definition) is 3. The summed E-state index contributed by atoms with van der Waals surface area (Å²) in [5, 5.41) is 0. The quantitative estimate of drug-likeness (QED) is 0.479. The third-order valence-electron chi connectivity index (χ3n) is 2.91. The fraction of sp³-hybridized carbons (Fsp3) is 0.364. The number of benzene rings is 1. The van der Waals surface area contributed by atoms with Crippen molar-refractivity contribution in [1.29, 1.82) is 0 Å². The van der Waals surface area contributed by atoms with Gasteiger partial charge in [0.05, 0.1) is 6.42 Å². The summed E-state index contributed by atoms with van der Waals surface area (Å²) < 4.78 is 5.09. The van der Waals surface area contributed by atoms with Crippen LogP contribution in [0.1, 0.15) is 16.7 Å². The predicted molar refractivity (Wildman–Crippen MR) is 51.2 cm³/mol. The van der Waals surface area contributed by atoms with Crippen LogP contribution in [0.25, 0.3) is 0 Å². The maximum atomic E-state index is 11.0. The second-order valence-corrected chi connectivity index (χ2v) is 4.05. The van der Waals surface area contributed by atoms with Gasteiger partial charge in [-0.3, -0.25) is 4.79 Å². The van der Waals surface area contributed by atoms with Gasteiger partial charge in [-0.1, -0.05) is 6.07 Å². The molecule has 0 saturated carbocycles. The van der Waals surface area contributed by atoms with Crippen molar-refractivity contribution in [2.75, 3.05) is 0 Å². The van der Waals surface area contributed by atoms with Crippen LogP contribution in [0.3, 0.4) is 0 Å². The molecule has 14 heavy (non-hydrogen) atoms. The lowest BCUT2D eigenvalue weighted by Crippen LogP contribution is -2.19. The first-order chi connectivity index (χ1) is 6.72. The lowest BCUT2D eigenvalue weighted by atomic mass is 10.0. The van der Waals surface area contributed by atoms with Crippen molar-refractivity contribution in [3.8, 4) is 5.75 Å². The molecule has 3 heteroatoms. The Morgan fingerprint density at radius 1 is 1.21 bits per heavy atom. The Balaban J connectivity index is 2.09. The fourth-order valence-electron chi connectivity index (χ4n) is 2.28. The molecule has 0 aromatic heterocycles. The number of fused-ring (bicyclic) bond motifs is 2. The molecule has 0 saturated heterocycles. The van der Waals surface area contributed by atoms with Gasteiger partial charge in [0.15, 0.2) is 0 Å². The van der Waals surface area contributed by atoms with Crippen LogP contribution in [0.15, 0.2) is 12.1 Å². The minimum Gasteiger partial charge on any atom is -0.426 e. The first-order valence-corrected chi connectivity index (χ1v) is 4.83. The highest BCUT2D eigenvalue weighted by Gasteiger charge is 2.26. The maximum absolute atomic E-state index is 11.0. The van der Waals surface area contributed by atoms with Crippen molar-refractivity contribution in [2.45, 2.75) is 25.3 Å². The van der Waals surface area contributed by atoms with Crippen molar-refractivity contribution in [2.24, 2.45) is 5.73 Å². The van der Waals surface area contributed by atoms with Crippen LogP contribution in [-0.2, 0) is 24.1 Å². The highest BCUT2D eigenvalue weighted by atomic mass is 16.5. The zero-order valence-corrected chi connectivity index (χ0v) is 7.75. The molecule has 1 unspecified atom stereocenters. The molecule has 2 N–H and O–H groups in total. The van der Waals surface area contributed by atoms with Gasteiger partial charge < -0.3 is 10.5 Å². The Morgan fingerprint density at radius 2 is 1.93 bits per heavy atom. The highest BCUT2D eigenvalue weighted by Crippen LogP contribution is 2.33. The van der Waals surface area contributed by atoms with E-state index in [1.807, 2.05) is 6.07 Å². The van der Waals surface area contributed by atoms with Gasteiger partial charge in [0, 0.05) is 11.6 Å². The Hall–Kier alpha value is -1.35. The highest BCUT2D eigenvalue weighted by molar-refractivity contribution is 5.81. The van der Waals surface area contributed by atoms with Crippen LogP contribution >= 0.6 is 0 Å². The summed E-state index contributed by atoms with van der Waals surface area (Å²) in [5.74, 6) is 0.593. The van der Waals surface area contributed by atoms with Gasteiger partial charge in [0.25, 0.3) is 0 Å². The van der Waals surface area contributed by atoms with Gasteiger partial charge in [-0.25, -0.2) is 0 Å². The smallest absolute Gasteiger partial charge is 0.315 e. The lowest BCUT2D eigenvalue weighted by Gasteiger charge is -2.01. The van der Waals surface area contributed by atoms with Gasteiger partial charge in [-0.15, -0.1) is 0 Å². The molecule has 1 heterocycles. The minimum atomic E-state index is -0.145. The Labute approximate surface area is 81.9 Å². The topological polar surface area (TPSA) is 52.3 Å². The molecule has 1 aromatic rings. The molecular weight excluding hydrogens is 178 g/mol. The number of rotatable bonds is 0. The molecule has 0 fully saturated rings. The summed E-state index contributed by atoms with van der Waals surface area (Å²) in [4.78, 5) is 11.0. The number of carbonyl (C=O) groups is 1. The summed E-state index contributed by atoms with van der Waals surface area (Å²) >= 11 is 0. The summed E-state index contributed by atoms with van der Waals surface area (Å²) in [6.45, 7) is 0. The average Bonchev–Trinajstić information content (AvgIpc) is 2.59. The van der Waals surface area contributed by atoms with Crippen molar-refractivity contribution in [1.82, 2.24) is 0 Å². The third kappa shape index (κ3) is 1.06. The largest absolute Gasteiger partial charge is 0.426 e. The monoisotopic (exact) mass is 189 g/mol. The number of ether oxygens (including phenoxy) is 1. The van der Waals surface area contributed by atoms with Gasteiger partial charge in [-0.2, -0.15) is 0 Å². The maximum Gasteiger partial charge on any atom is 0.315 e. The molecule has 1 aliphatic carbocycles. The molecule has 1 aliphatic heterocycles. The lowest BCUT2D eigenvalue weighted by molar-refractivity contribution is -0.131. The Bertz CT molecular complexity index is 389. The predicted octanol–water partition coefficient (Wildman–Crippen LogP) is 0.574. The second kappa shape index (κ2) is 2.58. The van der Waals surface area contributed by atoms with Crippen LogP contribution in [0.2, 0.25) is 0 Å². The Kier molecular flexibility index (Phi) is 1.47. The molecular formula is C11H11NO2. The number of carbonyl (C=O) groups excluding carboxylic acids is 1. The number of esters is 1. The van der Waals surface area contributed by atoms with E-state index in [-0.39, 0.29) is 12.0 Å². The molecule has 3 rings (SSSR count). The van der Waals surface area contributed by atoms with E-state index >= 15 is 0 Å². The third-order valence-corrected chi connectivity index (χ3v) is 2.91. The molecule has 1 atom stereocenters. The summed E-state index contributed by atoms with van der Waals surface area (Å²) in [6, 6.07) is 4.29. The van der Waals surface area contributed by atoms with Crippen LogP contribution in [-0.4, -0.2) is 12.0 Å². The van der Waals surface area contributed by atoms with Crippen LogP contribution in [0.5, 0.6) is 5.75 Å². The van der Waals surface area contributed by atoms with E-state index in [1.165, 1.54) is 11.1 Å². The van der Waals surface area contributed by atoms with E-state index in [9.17, 15) is 4.79 Å². The van der Waals surface area contributed by atoms with Crippen molar-refractivity contribution in [3.05, 3.63) is 28.8 Å². The van der Waals surface area contributed by atoms with E-state index in [0.29, 0.717) is 6.42 Å². The van der Waals surface area contributed by atoms with E-state index in [1.54, 1.807) is 0 Å². The van der Waals surface area contributed by atoms with Gasteiger partial charge in [-0.05, 0) is 30.0 Å². The first-order valence-electron chi connectivity index (χ1n) is 4.83. The molecule has 1 aromatic carbocycles. The second-order valence-electron chi connectivity index (χ2n) is 4.05. The molecule has 2 aliphatic rings. The van der Waals surface area contributed by atoms with Crippen molar-refractivity contribution >= 4 is 5.97 Å². The van der Waals surface area contributed by atoms with Crippen LogP contribution in [0, 0.1) is 0 Å². The molecule has 72 valence electrons. The minimum absolute atomic E-state index is 0.145. The first kappa shape index (κ1) is 8.00. The standard InChI is InChI=1S/C11H11NO2/c12-9-2-6-1-8-5-11(13)14-10(8)4-7(6)3-9/h1,4,9H,2-3,5,12H2. The molecule has 0 amide bonds. The normalized spacial score (nSPS) is 23.2. The van der Waals surface area contributed by atoms with Crippen molar-refractivity contribution in [3.63, 3.8) is 0 Å². The van der Waals surface area contributed by atoms with Crippen molar-refractivity contribution < 1.29 is 9.53 Å². The van der Waals surface area contributed by atoms with Crippen LogP contribution in [0.4, 0.5) is 0 Å². The van der Waals surface area contributed by atoms with E-state index in [2.05, 4.69) is 6.07 Å². The van der Waals surface area contributed by atoms with E-state index in [0.717, 1.165) is 24.2 Å². The van der Waals surface area contributed by atoms with E-state index < -0.39 is 0 Å². The zero-order chi connectivity index (χ0) is 9.71. The van der Waals surface area contributed by atoms with Gasteiger partial charge >= 0.3 is 5.97 Å². The van der Waals surface area contributed by atoms with Gasteiger partial charge in [0.1, 0.15) is 5.75 Å². The zero-order valence-electron chi connectivity index (χ0n) is 7.75. The van der Waals surface area contributed by atoms with Crippen LogP contribution < -0.4 is 10.5 Å². The molecule has 3 nitrogen and oxygen atoms in total. The summed E-state index contributed by atoms with van der Waals surface area (Å²) in [6.07, 6.45) is 2.24. The Morgan fingerprint density at radius 3 is 2.71 bits per heavy atom. The summed E-state index contributed by atoms with van der Waals surface area (Å²) in [7, 11) is 0. The molecule has 0 radical (unpaired) electrons. The number of nitrogens with two attached hydrogens (primary N) is 1. The molecule has 0 spiro atoms. The average molecular weight is 189 g/mol. The summed E-state index contributed by atoms with van der Waals surface area (Å²) in [5.41, 5.74) is 9.41. The fourth-order valence-corrected chi connectivity index (χ4v) is 2.28. The molecule has 0 bridgehead atoms. The van der Waals surface area contributed by atoms with Gasteiger partial charge in [0.2, 0.25) is 0 Å².